The van der Waals surface area contributed by atoms with E-state index >= 15 is 0 Å². The molecule has 0 unspecified atom stereocenters. The van der Waals surface area contributed by atoms with Crippen molar-refractivity contribution in [3.8, 4) is 0 Å². The molecule has 2 heterocycles. The summed E-state index contributed by atoms with van der Waals surface area (Å²) in [6.45, 7) is -1.25. The van der Waals surface area contributed by atoms with Crippen molar-refractivity contribution in [2.45, 2.75) is 61.3 Å². The van der Waals surface area contributed by atoms with Gasteiger partial charge in [-0.2, -0.15) is 0 Å². The number of rotatable bonds is 4. The van der Waals surface area contributed by atoms with E-state index in [-0.39, 0.29) is 0 Å². The number of nitrogens with two attached hydrogens (primary N) is 1. The van der Waals surface area contributed by atoms with Crippen LogP contribution in [0.25, 0.3) is 0 Å². The van der Waals surface area contributed by atoms with E-state index in [1.165, 1.54) is 0 Å². The maximum absolute atomic E-state index is 9.98. The summed E-state index contributed by atoms with van der Waals surface area (Å²) in [5.41, 5.74) is 5.70. The maximum Gasteiger partial charge on any atom is 0.184 e. The molecule has 0 spiro atoms. The number of hydrogen-bond acceptors (Lipinski definition) is 11. The molecule has 10 atom stereocenters. The Kier molecular flexibility index (Phi) is 6.27. The lowest BCUT2D eigenvalue weighted by Gasteiger charge is -2.45. The second kappa shape index (κ2) is 7.63. The van der Waals surface area contributed by atoms with Gasteiger partial charge in [-0.1, -0.05) is 0 Å². The van der Waals surface area contributed by atoms with E-state index in [4.69, 9.17) is 25.1 Å². The molecule has 0 amide bonds. The van der Waals surface area contributed by atoms with Gasteiger partial charge < -0.3 is 55.7 Å². The Morgan fingerprint density at radius 1 is 0.783 bits per heavy atom. The number of aliphatic hydroxyl groups is 7. The molecule has 0 saturated carbocycles. The van der Waals surface area contributed by atoms with Crippen molar-refractivity contribution in [1.29, 1.82) is 0 Å². The topological polar surface area (TPSA) is 195 Å². The fourth-order valence-electron chi connectivity index (χ4n) is 2.62. The highest BCUT2D eigenvalue weighted by atomic mass is 16.7. The van der Waals surface area contributed by atoms with Gasteiger partial charge in [-0.05, 0) is 0 Å². The average molecular weight is 341 g/mol. The van der Waals surface area contributed by atoms with Crippen molar-refractivity contribution in [2.24, 2.45) is 5.73 Å². The summed E-state index contributed by atoms with van der Waals surface area (Å²) in [6.07, 6.45) is -12.9. The standard InChI is InChI=1S/C12H23NO10/c13-5-7(17)6(16)3(1-14)22-12(5)23-10-4(2-15)21-11(20)9(19)8(10)18/h3-12,14-20H,1-2,13H2/t3-,4-,5-,6-,7-,8-,9-,10+,11-,12+/m1/s1. The largest absolute Gasteiger partial charge is 0.394 e. The lowest BCUT2D eigenvalue weighted by molar-refractivity contribution is -0.339. The minimum absolute atomic E-state index is 0.612. The molecule has 2 saturated heterocycles. The fourth-order valence-corrected chi connectivity index (χ4v) is 2.62. The van der Waals surface area contributed by atoms with Crippen molar-refractivity contribution in [3.63, 3.8) is 0 Å². The van der Waals surface area contributed by atoms with E-state index < -0.39 is 74.6 Å². The van der Waals surface area contributed by atoms with E-state index in [9.17, 15) is 30.6 Å². The lowest BCUT2D eigenvalue weighted by atomic mass is 9.96. The number of aliphatic hydroxyl groups excluding tert-OH is 7. The smallest absolute Gasteiger partial charge is 0.184 e. The van der Waals surface area contributed by atoms with Gasteiger partial charge in [0.2, 0.25) is 0 Å². The van der Waals surface area contributed by atoms with Crippen LogP contribution in [0.4, 0.5) is 0 Å². The second-order valence-electron chi connectivity index (χ2n) is 5.61. The molecule has 2 aliphatic heterocycles. The van der Waals surface area contributed by atoms with Crippen LogP contribution < -0.4 is 5.73 Å². The van der Waals surface area contributed by atoms with Gasteiger partial charge in [0.15, 0.2) is 12.6 Å². The van der Waals surface area contributed by atoms with Gasteiger partial charge in [-0.3, -0.25) is 0 Å². The van der Waals surface area contributed by atoms with Crippen LogP contribution in [0, 0.1) is 0 Å². The average Bonchev–Trinajstić information content (AvgIpc) is 2.55. The van der Waals surface area contributed by atoms with Crippen molar-refractivity contribution < 1.29 is 50.0 Å². The van der Waals surface area contributed by atoms with Gasteiger partial charge in [0.25, 0.3) is 0 Å². The molecule has 0 aliphatic carbocycles. The summed E-state index contributed by atoms with van der Waals surface area (Å²) in [4.78, 5) is 0. The molecule has 2 fully saturated rings. The molecule has 136 valence electrons. The predicted octanol–water partition coefficient (Wildman–Crippen LogP) is -5.43. The van der Waals surface area contributed by atoms with Gasteiger partial charge >= 0.3 is 0 Å². The zero-order chi connectivity index (χ0) is 17.3. The second-order valence-corrected chi connectivity index (χ2v) is 5.61. The summed E-state index contributed by atoms with van der Waals surface area (Å²) in [7, 11) is 0. The van der Waals surface area contributed by atoms with Crippen molar-refractivity contribution in [3.05, 3.63) is 0 Å². The molecule has 11 heteroatoms. The number of ether oxygens (including phenoxy) is 3. The first-order valence-corrected chi connectivity index (χ1v) is 7.15. The number of hydrogen-bond donors (Lipinski definition) is 8. The Morgan fingerprint density at radius 2 is 1.39 bits per heavy atom. The van der Waals surface area contributed by atoms with Crippen LogP contribution in [0.1, 0.15) is 0 Å². The van der Waals surface area contributed by atoms with Gasteiger partial charge in [-0.25, -0.2) is 0 Å². The maximum atomic E-state index is 9.98. The molecule has 2 rings (SSSR count). The van der Waals surface area contributed by atoms with Crippen molar-refractivity contribution in [2.75, 3.05) is 13.2 Å². The first-order chi connectivity index (χ1) is 10.8. The molecular weight excluding hydrogens is 318 g/mol. The molecule has 0 bridgehead atoms. The molecule has 23 heavy (non-hydrogen) atoms. The Labute approximate surface area is 131 Å². The highest BCUT2D eigenvalue weighted by Gasteiger charge is 2.49. The third-order valence-corrected chi connectivity index (χ3v) is 4.06. The first-order valence-electron chi connectivity index (χ1n) is 7.15. The third kappa shape index (κ3) is 3.65. The van der Waals surface area contributed by atoms with Crippen molar-refractivity contribution >= 4 is 0 Å². The quantitative estimate of drug-likeness (QED) is 0.243. The predicted molar refractivity (Wildman–Crippen MR) is 70.6 cm³/mol. The monoisotopic (exact) mass is 341 g/mol. The third-order valence-electron chi connectivity index (χ3n) is 4.06. The van der Waals surface area contributed by atoms with Crippen LogP contribution in [0.5, 0.6) is 0 Å². The van der Waals surface area contributed by atoms with Crippen molar-refractivity contribution in [1.82, 2.24) is 0 Å². The Bertz CT molecular complexity index is 383. The molecule has 9 N–H and O–H groups in total. The summed E-state index contributed by atoms with van der Waals surface area (Å²) >= 11 is 0. The van der Waals surface area contributed by atoms with Crippen LogP contribution in [0.3, 0.4) is 0 Å². The van der Waals surface area contributed by atoms with E-state index in [0.717, 1.165) is 0 Å². The van der Waals surface area contributed by atoms with Crippen LogP contribution in [-0.2, 0) is 14.2 Å². The molecule has 11 nitrogen and oxygen atoms in total. The van der Waals surface area contributed by atoms with E-state index in [1.54, 1.807) is 0 Å². The summed E-state index contributed by atoms with van der Waals surface area (Å²) in [6, 6.07) is -1.22. The van der Waals surface area contributed by atoms with Crippen LogP contribution in [0.2, 0.25) is 0 Å². The van der Waals surface area contributed by atoms with Gasteiger partial charge in [0.1, 0.15) is 42.7 Å². The molecule has 0 aromatic carbocycles. The van der Waals surface area contributed by atoms with E-state index in [0.29, 0.717) is 0 Å². The zero-order valence-electron chi connectivity index (χ0n) is 12.1. The highest BCUT2D eigenvalue weighted by molar-refractivity contribution is 4.95. The zero-order valence-corrected chi connectivity index (χ0v) is 12.1. The highest BCUT2D eigenvalue weighted by Crippen LogP contribution is 2.27. The van der Waals surface area contributed by atoms with Gasteiger partial charge in [0.05, 0.1) is 19.3 Å². The van der Waals surface area contributed by atoms with Crippen LogP contribution in [-0.4, -0.2) is 110 Å². The Morgan fingerprint density at radius 3 is 1.96 bits per heavy atom. The molecule has 0 aromatic rings. The SMILES string of the molecule is N[C@H]1[C@H](O[C@@H]2[C@H](O)[C@@H](O)[C@H](O)O[C@@H]2CO)O[C@H](CO)[C@@H](O)[C@@H]1O. The molecule has 0 aromatic heterocycles. The fraction of sp³-hybridized carbons (Fsp3) is 1.00. The Balaban J connectivity index is 2.11. The van der Waals surface area contributed by atoms with E-state index in [2.05, 4.69) is 0 Å². The van der Waals surface area contributed by atoms with Gasteiger partial charge in [-0.15, -0.1) is 0 Å². The minimum Gasteiger partial charge on any atom is -0.394 e. The molecule has 0 radical (unpaired) electrons. The summed E-state index contributed by atoms with van der Waals surface area (Å²) < 4.78 is 15.6. The minimum atomic E-state index is -1.71. The van der Waals surface area contributed by atoms with Gasteiger partial charge in [0, 0.05) is 0 Å². The lowest BCUT2D eigenvalue weighted by Crippen LogP contribution is -2.66. The molecule has 2 aliphatic rings. The summed E-state index contributed by atoms with van der Waals surface area (Å²) in [5.74, 6) is 0. The Hall–Kier alpha value is -0.440. The van der Waals surface area contributed by atoms with E-state index in [1.807, 2.05) is 0 Å². The molecular formula is C12H23NO10. The normalized spacial score (nSPS) is 51.7. The first kappa shape index (κ1) is 18.9. The van der Waals surface area contributed by atoms with Crippen LogP contribution in [0.15, 0.2) is 0 Å². The van der Waals surface area contributed by atoms with Crippen LogP contribution >= 0.6 is 0 Å². The summed E-state index contributed by atoms with van der Waals surface area (Å²) in [5, 5.41) is 67.0.